The van der Waals surface area contributed by atoms with Crippen molar-refractivity contribution < 1.29 is 13.2 Å². The fourth-order valence-electron chi connectivity index (χ4n) is 2.48. The van der Waals surface area contributed by atoms with E-state index in [9.17, 15) is 13.2 Å². The minimum atomic E-state index is -3.22. The third-order valence-electron chi connectivity index (χ3n) is 3.53. The van der Waals surface area contributed by atoms with Crippen LogP contribution in [-0.4, -0.2) is 44.9 Å². The summed E-state index contributed by atoms with van der Waals surface area (Å²) < 4.78 is 26.8. The molecule has 0 saturated heterocycles. The number of amides is 1. The Morgan fingerprint density at radius 1 is 1.33 bits per heavy atom. The molecule has 0 unspecified atom stereocenters. The van der Waals surface area contributed by atoms with Gasteiger partial charge in [-0.2, -0.15) is 5.10 Å². The van der Waals surface area contributed by atoms with E-state index in [-0.39, 0.29) is 23.1 Å². The normalized spacial score (nSPS) is 16.1. The molecule has 9 nitrogen and oxygen atoms in total. The van der Waals surface area contributed by atoms with Crippen molar-refractivity contribution in [1.82, 2.24) is 24.8 Å². The Labute approximate surface area is 139 Å². The number of hydrogen-bond donors (Lipinski definition) is 1. The number of anilines is 1. The molecule has 3 heterocycles. The number of carbonyl (C=O) groups excluding carboxylic acids is 1. The van der Waals surface area contributed by atoms with Crippen LogP contribution in [0, 0.1) is 0 Å². The highest BCUT2D eigenvalue weighted by Gasteiger charge is 2.25. The van der Waals surface area contributed by atoms with E-state index in [1.165, 1.54) is 10.9 Å². The highest BCUT2D eigenvalue weighted by Crippen LogP contribution is 2.27. The average Bonchev–Trinajstić information content (AvgIpc) is 3.20. The highest BCUT2D eigenvalue weighted by atomic mass is 32.2. The average molecular weight is 350 g/mol. The molecule has 3 rings (SSSR count). The number of aryl methyl sites for hydroxylation is 1. The van der Waals surface area contributed by atoms with Gasteiger partial charge in [0.15, 0.2) is 15.7 Å². The molecule has 128 valence electrons. The van der Waals surface area contributed by atoms with Gasteiger partial charge in [-0.25, -0.2) is 8.42 Å². The van der Waals surface area contributed by atoms with Gasteiger partial charge in [-0.15, -0.1) is 5.10 Å². The number of nitrogens with zero attached hydrogens (tertiary/aromatic N) is 5. The Kier molecular flexibility index (Phi) is 4.47. The third-order valence-corrected chi connectivity index (χ3v) is 5.38. The summed E-state index contributed by atoms with van der Waals surface area (Å²) in [5.74, 6) is 0.194. The lowest BCUT2D eigenvalue weighted by molar-refractivity contribution is -0.116. The van der Waals surface area contributed by atoms with E-state index in [2.05, 4.69) is 20.7 Å². The van der Waals surface area contributed by atoms with Gasteiger partial charge >= 0.3 is 0 Å². The van der Waals surface area contributed by atoms with E-state index >= 15 is 0 Å². The van der Waals surface area contributed by atoms with Crippen LogP contribution in [0.1, 0.15) is 25.3 Å². The molecular formula is C14H18N6O3S. The molecule has 0 atom stereocenters. The second-order valence-electron chi connectivity index (χ2n) is 5.52. The Balaban J connectivity index is 1.63. The van der Waals surface area contributed by atoms with Gasteiger partial charge in [0.2, 0.25) is 5.91 Å². The standard InChI is InChI=1S/C14H18N6O3S/c1-2-5-19-9-13(17-18-19)16-14(21)10-20-8-11(7-15-20)12-4-3-6-24(12,22)23/h4,7-9H,2-3,5-6,10H2,1H3,(H,16,21). The molecule has 1 aliphatic heterocycles. The Bertz CT molecular complexity index is 880. The van der Waals surface area contributed by atoms with Crippen LogP contribution in [-0.2, 0) is 27.7 Å². The second kappa shape index (κ2) is 6.56. The zero-order valence-electron chi connectivity index (χ0n) is 13.2. The molecule has 1 N–H and O–H groups in total. The lowest BCUT2D eigenvalue weighted by Crippen LogP contribution is -2.19. The molecule has 0 aliphatic carbocycles. The molecule has 1 aliphatic rings. The maximum atomic E-state index is 12.0. The number of rotatable bonds is 6. The Morgan fingerprint density at radius 2 is 2.17 bits per heavy atom. The van der Waals surface area contributed by atoms with Crippen molar-refractivity contribution in [2.45, 2.75) is 32.9 Å². The topological polar surface area (TPSA) is 112 Å². The quantitative estimate of drug-likeness (QED) is 0.820. The first-order valence-electron chi connectivity index (χ1n) is 7.63. The summed E-state index contributed by atoms with van der Waals surface area (Å²) >= 11 is 0. The number of hydrogen-bond acceptors (Lipinski definition) is 6. The maximum absolute atomic E-state index is 12.0. The van der Waals surface area contributed by atoms with Crippen molar-refractivity contribution in [3.63, 3.8) is 0 Å². The summed E-state index contributed by atoms with van der Waals surface area (Å²) in [4.78, 5) is 12.3. The molecule has 0 fully saturated rings. The van der Waals surface area contributed by atoms with E-state index in [4.69, 9.17) is 0 Å². The van der Waals surface area contributed by atoms with Gasteiger partial charge in [-0.05, 0) is 12.8 Å². The van der Waals surface area contributed by atoms with Crippen LogP contribution < -0.4 is 5.32 Å². The van der Waals surface area contributed by atoms with E-state index in [0.29, 0.717) is 17.8 Å². The van der Waals surface area contributed by atoms with Crippen molar-refractivity contribution in [3.8, 4) is 0 Å². The Hall–Kier alpha value is -2.49. The van der Waals surface area contributed by atoms with Crippen LogP contribution in [0.2, 0.25) is 0 Å². The summed E-state index contributed by atoms with van der Waals surface area (Å²) in [6.07, 6.45) is 7.79. The van der Waals surface area contributed by atoms with Gasteiger partial charge in [-0.1, -0.05) is 18.2 Å². The fourth-order valence-corrected chi connectivity index (χ4v) is 3.96. The molecule has 2 aromatic rings. The smallest absolute Gasteiger partial charge is 0.247 e. The van der Waals surface area contributed by atoms with Crippen molar-refractivity contribution in [3.05, 3.63) is 30.2 Å². The van der Waals surface area contributed by atoms with Crippen molar-refractivity contribution in [2.24, 2.45) is 0 Å². The van der Waals surface area contributed by atoms with Crippen molar-refractivity contribution in [1.29, 1.82) is 0 Å². The van der Waals surface area contributed by atoms with Gasteiger partial charge in [0.1, 0.15) is 6.54 Å². The predicted octanol–water partition coefficient (Wildman–Crippen LogP) is 0.683. The zero-order chi connectivity index (χ0) is 17.2. The van der Waals surface area contributed by atoms with Crippen LogP contribution in [0.3, 0.4) is 0 Å². The fraction of sp³-hybridized carbons (Fsp3) is 0.429. The molecule has 0 bridgehead atoms. The van der Waals surface area contributed by atoms with Gasteiger partial charge in [0.25, 0.3) is 0 Å². The molecule has 24 heavy (non-hydrogen) atoms. The zero-order valence-corrected chi connectivity index (χ0v) is 14.0. The van der Waals surface area contributed by atoms with E-state index in [1.54, 1.807) is 23.2 Å². The first-order valence-corrected chi connectivity index (χ1v) is 9.29. The maximum Gasteiger partial charge on any atom is 0.247 e. The number of allylic oxidation sites excluding steroid dienone is 1. The van der Waals surface area contributed by atoms with Crippen LogP contribution >= 0.6 is 0 Å². The van der Waals surface area contributed by atoms with E-state index < -0.39 is 9.84 Å². The molecule has 2 aromatic heterocycles. The van der Waals surface area contributed by atoms with Crippen molar-refractivity contribution >= 4 is 26.5 Å². The van der Waals surface area contributed by atoms with Crippen LogP contribution in [0.5, 0.6) is 0 Å². The largest absolute Gasteiger partial charge is 0.306 e. The summed E-state index contributed by atoms with van der Waals surface area (Å²) in [5.41, 5.74) is 0.509. The number of nitrogens with one attached hydrogen (secondary N) is 1. The molecular weight excluding hydrogens is 332 g/mol. The molecule has 1 amide bonds. The van der Waals surface area contributed by atoms with Crippen molar-refractivity contribution in [2.75, 3.05) is 11.1 Å². The predicted molar refractivity (Wildman–Crippen MR) is 87.6 cm³/mol. The van der Waals surface area contributed by atoms with Gasteiger partial charge < -0.3 is 5.32 Å². The van der Waals surface area contributed by atoms with Crippen LogP contribution in [0.25, 0.3) is 4.91 Å². The molecule has 10 heteroatoms. The van der Waals surface area contributed by atoms with Crippen LogP contribution in [0.15, 0.2) is 24.7 Å². The van der Waals surface area contributed by atoms with Gasteiger partial charge in [0, 0.05) is 18.3 Å². The number of carbonyl (C=O) groups is 1. The van der Waals surface area contributed by atoms with Gasteiger partial charge in [0.05, 0.1) is 23.1 Å². The lowest BCUT2D eigenvalue weighted by Gasteiger charge is -2.02. The van der Waals surface area contributed by atoms with Crippen LogP contribution in [0.4, 0.5) is 5.82 Å². The Morgan fingerprint density at radius 3 is 2.88 bits per heavy atom. The summed E-state index contributed by atoms with van der Waals surface area (Å²) in [6.45, 7) is 2.72. The van der Waals surface area contributed by atoms with E-state index in [0.717, 1.165) is 13.0 Å². The first kappa shape index (κ1) is 16.4. The van der Waals surface area contributed by atoms with E-state index in [1.807, 2.05) is 6.92 Å². The second-order valence-corrected chi connectivity index (χ2v) is 7.60. The molecule has 0 aromatic carbocycles. The summed E-state index contributed by atoms with van der Waals surface area (Å²) in [7, 11) is -3.22. The molecule has 0 radical (unpaired) electrons. The third kappa shape index (κ3) is 3.53. The number of sulfone groups is 1. The number of aromatic nitrogens is 5. The minimum absolute atomic E-state index is 0.0338. The first-order chi connectivity index (χ1) is 11.5. The highest BCUT2D eigenvalue weighted by molar-refractivity contribution is 8.00. The lowest BCUT2D eigenvalue weighted by atomic mass is 10.3. The molecule has 0 saturated carbocycles. The monoisotopic (exact) mass is 350 g/mol. The minimum Gasteiger partial charge on any atom is -0.306 e. The van der Waals surface area contributed by atoms with Gasteiger partial charge in [-0.3, -0.25) is 14.2 Å². The summed E-state index contributed by atoms with van der Waals surface area (Å²) in [6, 6.07) is 0. The SMILES string of the molecule is CCCn1cc(NC(=O)Cn2cc(C3=CCCS3(=O)=O)cn2)nn1. The molecule has 0 spiro atoms. The summed E-state index contributed by atoms with van der Waals surface area (Å²) in [5, 5.41) is 14.4.